The topological polar surface area (TPSA) is 764 Å². The van der Waals surface area contributed by atoms with Crippen LogP contribution in [0.25, 0.3) is 0 Å². The molecule has 0 fully saturated rings. The van der Waals surface area contributed by atoms with Crippen molar-refractivity contribution in [2.75, 3.05) is 0 Å². The summed E-state index contributed by atoms with van der Waals surface area (Å²) >= 11 is 0. The number of hydrogen-bond acceptors (Lipinski definition) is 22. The molecule has 0 atom stereocenters. The molecule has 0 unspecified atom stereocenters. The summed E-state index contributed by atoms with van der Waals surface area (Å²) in [5.41, 5.74) is 0. The molecule has 0 aromatic heterocycles. The normalized spacial score (nSPS) is 8.03. The summed E-state index contributed by atoms with van der Waals surface area (Å²) in [6.07, 6.45) is 0. The van der Waals surface area contributed by atoms with Gasteiger partial charge in [0.05, 0.1) is 0 Å². The second kappa shape index (κ2) is 42.7. The van der Waals surface area contributed by atoms with Gasteiger partial charge in [-0.1, -0.05) is 0 Å². The van der Waals surface area contributed by atoms with E-state index >= 15 is 0 Å². The molecule has 0 rings (SSSR count). The van der Waals surface area contributed by atoms with Crippen molar-refractivity contribution in [1.82, 2.24) is 0 Å². The Balaban J connectivity index is -0.0000000128. The van der Waals surface area contributed by atoms with Crippen LogP contribution in [0.3, 0.4) is 0 Å². The summed E-state index contributed by atoms with van der Waals surface area (Å²) in [5.74, 6) is 0. The van der Waals surface area contributed by atoms with Crippen LogP contribution < -0.4 is 0 Å². The highest BCUT2D eigenvalue weighted by Gasteiger charge is 2.01. The van der Waals surface area contributed by atoms with Crippen LogP contribution in [-0.4, -0.2) is 153 Å². The summed E-state index contributed by atoms with van der Waals surface area (Å²) in [5, 5.41) is 0. The van der Waals surface area contributed by atoms with E-state index in [1.807, 2.05) is 0 Å². The van der Waals surface area contributed by atoms with Crippen LogP contribution >= 0.6 is 0 Å². The van der Waals surface area contributed by atoms with E-state index in [0.717, 1.165) is 0 Å². The van der Waals surface area contributed by atoms with Crippen LogP contribution in [0.5, 0.6) is 0 Å². The largest absolute Gasteiger partial charge is 0.870 e. The van der Waals surface area contributed by atoms with Gasteiger partial charge < -0.3 is 102 Å². The standard InChI is InChI=1S/O6S4.H2O6S2.2H2O4S.12H2O/c1-7(2)9(5)10(6)8(3)4;1-7(2,3)8(4,5)6;2*1-5(2,3)4;;;;;;;;;;;;/h;(H,1,2,3)(H,4,5,6);2*(H2,1,2,3,4);12*1H2/q-2;;;;;;;;;;;;;;;/p-8. The zero-order valence-corrected chi connectivity index (χ0v) is 23.9. The summed E-state index contributed by atoms with van der Waals surface area (Å²) in [6.45, 7) is 0. The van der Waals surface area contributed by atoms with Gasteiger partial charge in [0.2, 0.25) is 7.92 Å². The highest BCUT2D eigenvalue weighted by molar-refractivity contribution is 8.62. The maximum Gasteiger partial charge on any atom is 0.311 e. The third kappa shape index (κ3) is 119. The van der Waals surface area contributed by atoms with Crippen molar-refractivity contribution in [3.8, 4) is 0 Å². The molecule has 0 aliphatic carbocycles. The van der Waals surface area contributed by atoms with Gasteiger partial charge in [0.1, 0.15) is 7.92 Å². The Kier molecular flexibility index (Phi) is 113. The number of rotatable bonds is 1. The molecule has 0 aliphatic heterocycles. The Morgan fingerprint density at radius 1 is 0.375 bits per heavy atom. The molecule has 40 heteroatoms. The molecule has 0 aromatic carbocycles. The first-order valence-electron chi connectivity index (χ1n) is 4.00. The van der Waals surface area contributed by atoms with E-state index in [1.165, 1.54) is 0 Å². The molecule has 0 amide bonds. The van der Waals surface area contributed by atoms with Crippen molar-refractivity contribution in [3.63, 3.8) is 0 Å². The van der Waals surface area contributed by atoms with Crippen LogP contribution in [0.4, 0.5) is 0 Å². The fourth-order valence-corrected chi connectivity index (χ4v) is 4.90. The minimum atomic E-state index is -5.67. The van der Waals surface area contributed by atoms with Gasteiger partial charge in [-0.3, -0.25) is 26.9 Å². The SMILES string of the molecule is O.O.O.O.O.O.O.O.O.O.O=S(=O)([O-])S(=O)(=O)[O-].O=S(=O)([O-])[O-].O=S(=O)([O-])[O-].O=S(=O)=S(=O)=S(=O)=S([O-])[O-].[OH-].[OH-]. The quantitative estimate of drug-likeness (QED) is 0.135. The third-order valence-corrected chi connectivity index (χ3v) is 10.2. The van der Waals surface area contributed by atoms with E-state index in [4.69, 9.17) is 35.0 Å². The Morgan fingerprint density at radius 2 is 0.500 bits per heavy atom. The molecule has 272 valence electrons. The van der Waals surface area contributed by atoms with Gasteiger partial charge in [0, 0.05) is 20.8 Å². The van der Waals surface area contributed by atoms with Crippen LogP contribution in [0.1, 0.15) is 0 Å². The van der Waals surface area contributed by atoms with Crippen LogP contribution in [0.15, 0.2) is 0 Å². The minimum Gasteiger partial charge on any atom is -0.870 e. The Labute approximate surface area is 226 Å². The van der Waals surface area contributed by atoms with Crippen molar-refractivity contribution in [2.45, 2.75) is 0 Å². The average Bonchev–Trinajstić information content (AvgIpc) is 2.30. The molecule has 22 N–H and O–H groups in total. The lowest BCUT2D eigenvalue weighted by atomic mass is 15.8. The second-order valence-corrected chi connectivity index (χ2v) is 16.3. The Morgan fingerprint density at radius 3 is 0.525 bits per heavy atom. The lowest BCUT2D eigenvalue weighted by Gasteiger charge is -2.11. The third-order valence-electron chi connectivity index (χ3n) is 0.583. The van der Waals surface area contributed by atoms with Crippen molar-refractivity contribution in [1.29, 1.82) is 0 Å². The predicted octanol–water partition coefficient (Wildman–Crippen LogP) is -15.3. The van der Waals surface area contributed by atoms with Crippen molar-refractivity contribution >= 4 is 74.2 Å². The zero-order chi connectivity index (χ0) is 24.3. The summed E-state index contributed by atoms with van der Waals surface area (Å²) in [6, 6.07) is 0. The van der Waals surface area contributed by atoms with Crippen LogP contribution in [0.2, 0.25) is 0 Å². The predicted molar refractivity (Wildman–Crippen MR) is 114 cm³/mol. The molecule has 0 radical (unpaired) electrons. The monoisotopic (exact) mass is 790 g/mol. The van der Waals surface area contributed by atoms with Gasteiger partial charge >= 0.3 is 9.26 Å². The van der Waals surface area contributed by atoms with Gasteiger partial charge in [-0.05, 0) is 0 Å². The molecule has 0 heterocycles. The highest BCUT2D eigenvalue weighted by atomic mass is 33.3. The number of hydrogen-bond donors (Lipinski definition) is 0. The molecular formula is H22O32S8-10. The van der Waals surface area contributed by atoms with Crippen LogP contribution in [0, 0.1) is 0 Å². The fraction of sp³-hybridized carbons (Fsp3) is 0. The van der Waals surface area contributed by atoms with E-state index < -0.39 is 74.2 Å². The molecule has 0 saturated heterocycles. The van der Waals surface area contributed by atoms with E-state index in [-0.39, 0.29) is 65.7 Å². The average molecular weight is 791 g/mol. The maximum atomic E-state index is 10.1. The molecule has 0 aliphatic rings. The van der Waals surface area contributed by atoms with Crippen LogP contribution in [-0.2, 0) is 74.2 Å². The summed E-state index contributed by atoms with van der Waals surface area (Å²) in [4.78, 5) is 0. The van der Waals surface area contributed by atoms with E-state index in [9.17, 15) is 51.9 Å². The van der Waals surface area contributed by atoms with Gasteiger partial charge in [-0.25, -0.2) is 21.0 Å². The van der Waals surface area contributed by atoms with E-state index in [2.05, 4.69) is 0 Å². The first-order valence-corrected chi connectivity index (χ1v) is 16.0. The lowest BCUT2D eigenvalue weighted by molar-refractivity contribution is 0.350. The minimum absolute atomic E-state index is 0. The first-order chi connectivity index (χ1) is 11.7. The molecule has 0 spiro atoms. The molecule has 40 heavy (non-hydrogen) atoms. The fourth-order valence-electron chi connectivity index (χ4n) is 0.0907. The highest BCUT2D eigenvalue weighted by Crippen LogP contribution is 1.90. The Bertz CT molecular complexity index is 1220. The summed E-state index contributed by atoms with van der Waals surface area (Å²) in [7, 11) is -33.7. The van der Waals surface area contributed by atoms with Crippen molar-refractivity contribution in [2.24, 2.45) is 0 Å². The van der Waals surface area contributed by atoms with E-state index in [1.54, 1.807) is 0 Å². The first kappa shape index (κ1) is 106. The summed E-state index contributed by atoms with van der Waals surface area (Å²) < 4.78 is 182. The van der Waals surface area contributed by atoms with Gasteiger partial charge in [-0.15, -0.1) is 0 Å². The molecular weight excluding hydrogens is 769 g/mol. The van der Waals surface area contributed by atoms with Crippen molar-refractivity contribution in [3.05, 3.63) is 0 Å². The smallest absolute Gasteiger partial charge is 0.311 e. The van der Waals surface area contributed by atoms with E-state index in [0.29, 0.717) is 0 Å². The van der Waals surface area contributed by atoms with Gasteiger partial charge in [0.25, 0.3) is 0 Å². The lowest BCUT2D eigenvalue weighted by Crippen LogP contribution is -2.12. The van der Waals surface area contributed by atoms with Crippen molar-refractivity contribution < 1.29 is 153 Å². The second-order valence-electron chi connectivity index (χ2n) is 2.45. The Hall–Kier alpha value is -0.790. The molecule has 0 aromatic rings. The molecule has 32 nitrogen and oxygen atoms in total. The molecule has 0 saturated carbocycles. The maximum absolute atomic E-state index is 10.1. The van der Waals surface area contributed by atoms with Gasteiger partial charge in [-0.2, -0.15) is 12.6 Å². The zero-order valence-electron chi connectivity index (χ0n) is 17.3. The van der Waals surface area contributed by atoms with Gasteiger partial charge in [0.15, 0.2) is 18.3 Å². The molecule has 0 bridgehead atoms.